The summed E-state index contributed by atoms with van der Waals surface area (Å²) in [5.74, 6) is -0.931. The standard InChI is InChI=1S/C32H30F4N6OS/c1-31(2,28(43)15-24-17-39-20-41(24)18-22-13-11-21(16-37)12-14-22)29(38)42(30(44)40-27-10-6-5-9-26(27)33)19-23-7-3-4-8-25(23)32(34,35)36/h3-14,17,20,29H,15,18-19,38H2,1-2H3,(H,40,44). The van der Waals surface area contributed by atoms with E-state index in [1.165, 1.54) is 41.3 Å². The molecule has 1 unspecified atom stereocenters. The lowest BCUT2D eigenvalue weighted by Crippen LogP contribution is -2.57. The van der Waals surface area contributed by atoms with Crippen molar-refractivity contribution in [2.45, 2.75) is 45.7 Å². The lowest BCUT2D eigenvalue weighted by molar-refractivity contribution is -0.138. The molecule has 1 aromatic heterocycles. The minimum absolute atomic E-state index is 0.00893. The van der Waals surface area contributed by atoms with Crippen molar-refractivity contribution in [1.29, 1.82) is 5.26 Å². The Morgan fingerprint density at radius 2 is 1.75 bits per heavy atom. The van der Waals surface area contributed by atoms with Gasteiger partial charge >= 0.3 is 6.18 Å². The number of thiocarbonyl (C=S) groups is 1. The number of ketones is 1. The highest BCUT2D eigenvalue weighted by molar-refractivity contribution is 7.80. The number of alkyl halides is 3. The number of benzene rings is 3. The number of hydrogen-bond acceptors (Lipinski definition) is 5. The van der Waals surface area contributed by atoms with Crippen LogP contribution < -0.4 is 11.1 Å². The second-order valence-corrected chi connectivity index (χ2v) is 11.2. The Hall–Kier alpha value is -4.60. The first-order chi connectivity index (χ1) is 20.8. The van der Waals surface area contributed by atoms with E-state index in [4.69, 9.17) is 23.2 Å². The molecule has 7 nitrogen and oxygen atoms in total. The first-order valence-corrected chi connectivity index (χ1v) is 14.0. The lowest BCUT2D eigenvalue weighted by Gasteiger charge is -2.40. The fourth-order valence-corrected chi connectivity index (χ4v) is 4.92. The van der Waals surface area contributed by atoms with Crippen molar-refractivity contribution in [3.05, 3.63) is 119 Å². The monoisotopic (exact) mass is 622 g/mol. The number of imidazole rings is 1. The van der Waals surface area contributed by atoms with Crippen LogP contribution in [0.25, 0.3) is 0 Å². The number of carbonyl (C=O) groups is 1. The molecule has 228 valence electrons. The zero-order valence-electron chi connectivity index (χ0n) is 24.0. The molecule has 0 saturated carbocycles. The van der Waals surface area contributed by atoms with Crippen LogP contribution in [-0.2, 0) is 30.5 Å². The highest BCUT2D eigenvalue weighted by atomic mass is 32.1. The van der Waals surface area contributed by atoms with Gasteiger partial charge in [-0.2, -0.15) is 18.4 Å². The molecule has 3 aromatic carbocycles. The van der Waals surface area contributed by atoms with Crippen molar-refractivity contribution < 1.29 is 22.4 Å². The van der Waals surface area contributed by atoms with E-state index < -0.39 is 35.7 Å². The molecule has 0 aliphatic rings. The Morgan fingerprint density at radius 1 is 1.09 bits per heavy atom. The molecule has 44 heavy (non-hydrogen) atoms. The van der Waals surface area contributed by atoms with E-state index in [1.807, 2.05) is 12.1 Å². The Bertz CT molecular complexity index is 1680. The van der Waals surface area contributed by atoms with Crippen LogP contribution in [0.4, 0.5) is 23.2 Å². The number of carbonyl (C=O) groups excluding carboxylic acids is 1. The zero-order chi connectivity index (χ0) is 32.1. The predicted molar refractivity (Wildman–Crippen MR) is 163 cm³/mol. The van der Waals surface area contributed by atoms with E-state index in [2.05, 4.69) is 16.4 Å². The Balaban J connectivity index is 1.61. The molecule has 1 heterocycles. The Kier molecular flexibility index (Phi) is 9.81. The SMILES string of the molecule is CC(C)(C(=O)Cc1cncn1Cc1ccc(C#N)cc1)C(N)N(Cc1ccccc1C(F)(F)F)C(=S)Nc1ccccc1F. The van der Waals surface area contributed by atoms with Gasteiger partial charge in [-0.25, -0.2) is 9.37 Å². The fraction of sp³-hybridized carbons (Fsp3) is 0.250. The van der Waals surface area contributed by atoms with E-state index in [1.54, 1.807) is 49.1 Å². The minimum Gasteiger partial charge on any atom is -0.330 e. The fourth-order valence-electron chi connectivity index (χ4n) is 4.63. The van der Waals surface area contributed by atoms with Gasteiger partial charge in [0.25, 0.3) is 0 Å². The Labute approximate surface area is 257 Å². The van der Waals surface area contributed by atoms with Gasteiger partial charge in [-0.05, 0) is 67.5 Å². The number of halogens is 4. The summed E-state index contributed by atoms with van der Waals surface area (Å²) in [7, 11) is 0. The first-order valence-electron chi connectivity index (χ1n) is 13.6. The number of Topliss-reactive ketones (excluding diaryl/α,β-unsaturated/α-hetero) is 1. The highest BCUT2D eigenvalue weighted by Crippen LogP contribution is 2.34. The number of anilines is 1. The van der Waals surface area contributed by atoms with Crippen LogP contribution in [0.5, 0.6) is 0 Å². The van der Waals surface area contributed by atoms with Gasteiger partial charge in [0.1, 0.15) is 11.6 Å². The van der Waals surface area contributed by atoms with Crippen LogP contribution in [0, 0.1) is 22.6 Å². The van der Waals surface area contributed by atoms with Crippen molar-refractivity contribution in [1.82, 2.24) is 14.5 Å². The van der Waals surface area contributed by atoms with E-state index in [9.17, 15) is 22.4 Å². The minimum atomic E-state index is -4.65. The van der Waals surface area contributed by atoms with Gasteiger partial charge in [-0.15, -0.1) is 0 Å². The Morgan fingerprint density at radius 3 is 2.41 bits per heavy atom. The molecule has 0 saturated heterocycles. The molecule has 0 spiro atoms. The lowest BCUT2D eigenvalue weighted by atomic mass is 9.81. The van der Waals surface area contributed by atoms with Gasteiger partial charge in [0.05, 0.1) is 40.8 Å². The molecule has 3 N–H and O–H groups in total. The summed E-state index contributed by atoms with van der Waals surface area (Å²) in [5.41, 5.74) is 6.37. The third kappa shape index (κ3) is 7.48. The third-order valence-corrected chi connectivity index (χ3v) is 7.75. The summed E-state index contributed by atoms with van der Waals surface area (Å²) >= 11 is 5.55. The summed E-state index contributed by atoms with van der Waals surface area (Å²) < 4.78 is 57.9. The maximum absolute atomic E-state index is 14.5. The zero-order valence-corrected chi connectivity index (χ0v) is 24.8. The molecule has 0 radical (unpaired) electrons. The molecule has 0 amide bonds. The first kappa shape index (κ1) is 32.3. The van der Waals surface area contributed by atoms with Crippen LogP contribution in [0.15, 0.2) is 85.3 Å². The largest absolute Gasteiger partial charge is 0.416 e. The normalized spacial score (nSPS) is 12.3. The molecule has 4 aromatic rings. The molecule has 12 heteroatoms. The smallest absolute Gasteiger partial charge is 0.330 e. The summed E-state index contributed by atoms with van der Waals surface area (Å²) in [6.45, 7) is 3.19. The summed E-state index contributed by atoms with van der Waals surface area (Å²) in [4.78, 5) is 19.3. The number of nitriles is 1. The molecular weight excluding hydrogens is 592 g/mol. The van der Waals surface area contributed by atoms with Gasteiger partial charge in [0.15, 0.2) is 5.11 Å². The van der Waals surface area contributed by atoms with E-state index >= 15 is 0 Å². The molecule has 0 aliphatic carbocycles. The molecule has 1 atom stereocenters. The second-order valence-electron chi connectivity index (χ2n) is 10.8. The topological polar surface area (TPSA) is 100.0 Å². The van der Waals surface area contributed by atoms with Crippen LogP contribution in [0.2, 0.25) is 0 Å². The number of para-hydroxylation sites is 1. The van der Waals surface area contributed by atoms with Crippen molar-refractivity contribution >= 4 is 28.8 Å². The van der Waals surface area contributed by atoms with Crippen molar-refractivity contribution in [2.75, 3.05) is 5.32 Å². The average Bonchev–Trinajstić information content (AvgIpc) is 3.42. The number of nitrogens with two attached hydrogens (primary N) is 1. The van der Waals surface area contributed by atoms with Gasteiger partial charge < -0.3 is 20.5 Å². The maximum Gasteiger partial charge on any atom is 0.416 e. The number of rotatable bonds is 10. The molecule has 4 rings (SSSR count). The van der Waals surface area contributed by atoms with Gasteiger partial charge in [-0.1, -0.05) is 42.5 Å². The van der Waals surface area contributed by atoms with Gasteiger partial charge in [0, 0.05) is 31.4 Å². The van der Waals surface area contributed by atoms with Gasteiger partial charge in [-0.3, -0.25) is 4.79 Å². The molecule has 0 aliphatic heterocycles. The van der Waals surface area contributed by atoms with Crippen LogP contribution in [0.3, 0.4) is 0 Å². The van der Waals surface area contributed by atoms with E-state index in [-0.39, 0.29) is 28.6 Å². The van der Waals surface area contributed by atoms with Crippen molar-refractivity contribution in [2.24, 2.45) is 11.1 Å². The highest BCUT2D eigenvalue weighted by Gasteiger charge is 2.40. The number of aromatic nitrogens is 2. The van der Waals surface area contributed by atoms with Crippen molar-refractivity contribution in [3.63, 3.8) is 0 Å². The quantitative estimate of drug-likeness (QED) is 0.122. The van der Waals surface area contributed by atoms with E-state index in [0.717, 1.165) is 11.6 Å². The predicted octanol–water partition coefficient (Wildman–Crippen LogP) is 6.28. The molecular formula is C32H30F4N6OS. The van der Waals surface area contributed by atoms with Crippen LogP contribution in [0.1, 0.15) is 41.8 Å². The maximum atomic E-state index is 14.5. The molecule has 0 fully saturated rings. The average molecular weight is 623 g/mol. The third-order valence-electron chi connectivity index (χ3n) is 7.41. The van der Waals surface area contributed by atoms with Crippen LogP contribution in [-0.4, -0.2) is 31.5 Å². The van der Waals surface area contributed by atoms with Gasteiger partial charge in [0.2, 0.25) is 0 Å². The molecule has 0 bridgehead atoms. The van der Waals surface area contributed by atoms with E-state index in [0.29, 0.717) is 17.8 Å². The van der Waals surface area contributed by atoms with Crippen molar-refractivity contribution in [3.8, 4) is 6.07 Å². The van der Waals surface area contributed by atoms with Crippen LogP contribution >= 0.6 is 12.2 Å². The number of nitrogens with one attached hydrogen (secondary N) is 1. The summed E-state index contributed by atoms with van der Waals surface area (Å²) in [6, 6.07) is 19.8. The number of nitrogens with zero attached hydrogens (tertiary/aromatic N) is 4. The summed E-state index contributed by atoms with van der Waals surface area (Å²) in [6.07, 6.45) is -2.78. The second kappa shape index (κ2) is 13.4. The summed E-state index contributed by atoms with van der Waals surface area (Å²) in [5, 5.41) is 11.6. The number of hydrogen-bond donors (Lipinski definition) is 2.